The lowest BCUT2D eigenvalue weighted by Gasteiger charge is -2.36. The Morgan fingerprint density at radius 3 is 2.13 bits per heavy atom. The summed E-state index contributed by atoms with van der Waals surface area (Å²) in [6.07, 6.45) is 4.91. The summed E-state index contributed by atoms with van der Waals surface area (Å²) in [6, 6.07) is 59.7. The molecule has 3 aliphatic rings. The van der Waals surface area contributed by atoms with E-state index in [1.807, 2.05) is 0 Å². The molecule has 55 heavy (non-hydrogen) atoms. The third kappa shape index (κ3) is 4.76. The number of allylic oxidation sites excluding steroid dienone is 1. The zero-order chi connectivity index (χ0) is 36.8. The van der Waals surface area contributed by atoms with Crippen molar-refractivity contribution in [3.8, 4) is 22.3 Å². The van der Waals surface area contributed by atoms with Gasteiger partial charge in [-0.15, -0.1) is 0 Å². The van der Waals surface area contributed by atoms with Gasteiger partial charge in [0.2, 0.25) is 0 Å². The molecule has 11 rings (SSSR count). The number of fused-ring (bicyclic) bond motifs is 9. The average Bonchev–Trinajstić information content (AvgIpc) is 3.85. The van der Waals surface area contributed by atoms with Crippen molar-refractivity contribution in [3.63, 3.8) is 0 Å². The maximum atomic E-state index is 6.76. The zero-order valence-electron chi connectivity index (χ0n) is 31.2. The van der Waals surface area contributed by atoms with Gasteiger partial charge in [0, 0.05) is 50.4 Å². The summed E-state index contributed by atoms with van der Waals surface area (Å²) in [4.78, 5) is 4.98. The van der Waals surface area contributed by atoms with Crippen LogP contribution in [0.25, 0.3) is 49.8 Å². The molecule has 0 fully saturated rings. The lowest BCUT2D eigenvalue weighted by atomic mass is 9.81. The van der Waals surface area contributed by atoms with Crippen molar-refractivity contribution in [3.05, 3.63) is 198 Å². The predicted molar refractivity (Wildman–Crippen MR) is 229 cm³/mol. The Morgan fingerprint density at radius 1 is 0.600 bits per heavy atom. The van der Waals surface area contributed by atoms with Crippen LogP contribution in [0.3, 0.4) is 0 Å². The van der Waals surface area contributed by atoms with Crippen molar-refractivity contribution in [1.82, 2.24) is 0 Å². The highest BCUT2D eigenvalue weighted by atomic mass is 16.3. The van der Waals surface area contributed by atoms with Gasteiger partial charge in [0.15, 0.2) is 5.58 Å². The van der Waals surface area contributed by atoms with E-state index in [-0.39, 0.29) is 17.4 Å². The lowest BCUT2D eigenvalue weighted by Crippen LogP contribution is -2.35. The van der Waals surface area contributed by atoms with Gasteiger partial charge in [0.05, 0.1) is 11.7 Å². The molecule has 0 spiro atoms. The SMILES string of the molecule is CC1C=C(N(c2ccc3c(c2)C(C)(C)c2cc(-c4ccccc4)ccc2-3)c2cccc3c2oc2ccccc23)C=C2c3ccccc3N(c3ccccc3)C21. The molecule has 1 aromatic heterocycles. The van der Waals surface area contributed by atoms with Crippen LogP contribution in [0.15, 0.2) is 186 Å². The van der Waals surface area contributed by atoms with E-state index in [2.05, 4.69) is 207 Å². The van der Waals surface area contributed by atoms with E-state index in [1.165, 1.54) is 55.9 Å². The average molecular weight is 709 g/mol. The highest BCUT2D eigenvalue weighted by molar-refractivity contribution is 6.10. The van der Waals surface area contributed by atoms with E-state index in [4.69, 9.17) is 4.42 Å². The molecular formula is C52H40N2O. The molecule has 2 aliphatic carbocycles. The van der Waals surface area contributed by atoms with E-state index in [1.54, 1.807) is 0 Å². The van der Waals surface area contributed by atoms with Crippen LogP contribution in [-0.2, 0) is 5.41 Å². The molecule has 8 aromatic rings. The molecule has 0 saturated carbocycles. The van der Waals surface area contributed by atoms with Crippen LogP contribution in [0, 0.1) is 5.92 Å². The number of furan rings is 1. The maximum absolute atomic E-state index is 6.76. The summed E-state index contributed by atoms with van der Waals surface area (Å²) in [5.41, 5.74) is 17.8. The van der Waals surface area contributed by atoms with E-state index >= 15 is 0 Å². The quantitative estimate of drug-likeness (QED) is 0.177. The summed E-state index contributed by atoms with van der Waals surface area (Å²) in [5, 5.41) is 2.25. The Labute approximate surface area is 322 Å². The van der Waals surface area contributed by atoms with Gasteiger partial charge in [-0.3, -0.25) is 0 Å². The molecule has 0 radical (unpaired) electrons. The summed E-state index contributed by atoms with van der Waals surface area (Å²) >= 11 is 0. The molecule has 1 aliphatic heterocycles. The summed E-state index contributed by atoms with van der Waals surface area (Å²) in [5.74, 6) is 0.214. The number of benzene rings is 7. The first-order chi connectivity index (χ1) is 27.0. The first-order valence-corrected chi connectivity index (χ1v) is 19.4. The fourth-order valence-electron chi connectivity index (χ4n) is 9.66. The van der Waals surface area contributed by atoms with Gasteiger partial charge >= 0.3 is 0 Å². The van der Waals surface area contributed by atoms with Gasteiger partial charge in [-0.25, -0.2) is 0 Å². The van der Waals surface area contributed by atoms with Gasteiger partial charge in [-0.2, -0.15) is 0 Å². The topological polar surface area (TPSA) is 19.6 Å². The second-order valence-electron chi connectivity index (χ2n) is 15.8. The standard InChI is InChI=1S/C52H40N2O/c1-33-29-38(31-44-41-19-10-12-22-47(41)54(50(33)44)36-17-8-5-9-18-36)53(48-23-14-21-43-42-20-11-13-24-49(42)55-51(43)48)37-26-28-40-39-27-25-35(34-15-6-4-7-16-34)30-45(39)52(2,3)46(40)32-37/h4-33,50H,1-3H3. The normalized spacial score (nSPS) is 17.7. The molecule has 2 atom stereocenters. The highest BCUT2D eigenvalue weighted by Gasteiger charge is 2.41. The van der Waals surface area contributed by atoms with E-state index < -0.39 is 0 Å². The van der Waals surface area contributed by atoms with Crippen LogP contribution < -0.4 is 9.80 Å². The Hall–Kier alpha value is -6.58. The van der Waals surface area contributed by atoms with Gasteiger partial charge in [-0.05, 0) is 93.6 Å². The van der Waals surface area contributed by atoms with Crippen molar-refractivity contribution in [2.75, 3.05) is 9.80 Å². The fourth-order valence-corrected chi connectivity index (χ4v) is 9.66. The molecule has 0 saturated heterocycles. The maximum Gasteiger partial charge on any atom is 0.159 e. The third-order valence-corrected chi connectivity index (χ3v) is 12.2. The van der Waals surface area contributed by atoms with Gasteiger partial charge in [0.25, 0.3) is 0 Å². The van der Waals surface area contributed by atoms with Crippen LogP contribution in [0.2, 0.25) is 0 Å². The van der Waals surface area contributed by atoms with Crippen molar-refractivity contribution >= 4 is 50.3 Å². The van der Waals surface area contributed by atoms with E-state index in [9.17, 15) is 0 Å². The summed E-state index contributed by atoms with van der Waals surface area (Å²) < 4.78 is 6.76. The minimum absolute atomic E-state index is 0.180. The zero-order valence-corrected chi connectivity index (χ0v) is 31.2. The van der Waals surface area contributed by atoms with Crippen molar-refractivity contribution in [2.45, 2.75) is 32.2 Å². The van der Waals surface area contributed by atoms with Crippen molar-refractivity contribution in [2.24, 2.45) is 5.92 Å². The van der Waals surface area contributed by atoms with Gasteiger partial charge in [0.1, 0.15) is 5.58 Å². The van der Waals surface area contributed by atoms with Crippen LogP contribution in [0.1, 0.15) is 37.5 Å². The summed E-state index contributed by atoms with van der Waals surface area (Å²) in [6.45, 7) is 7.12. The number of para-hydroxylation sites is 4. The number of hydrogen-bond donors (Lipinski definition) is 0. The fraction of sp³-hybridized carbons (Fsp3) is 0.115. The minimum atomic E-state index is -0.194. The lowest BCUT2D eigenvalue weighted by molar-refractivity contribution is 0.630. The number of anilines is 4. The molecule has 2 unspecified atom stereocenters. The monoisotopic (exact) mass is 708 g/mol. The van der Waals surface area contributed by atoms with Crippen LogP contribution >= 0.6 is 0 Å². The Morgan fingerprint density at radius 2 is 1.29 bits per heavy atom. The molecule has 264 valence electrons. The molecule has 0 N–H and O–H groups in total. The van der Waals surface area contributed by atoms with Crippen molar-refractivity contribution < 1.29 is 4.42 Å². The summed E-state index contributed by atoms with van der Waals surface area (Å²) in [7, 11) is 0. The number of hydrogen-bond acceptors (Lipinski definition) is 3. The van der Waals surface area contributed by atoms with Gasteiger partial charge in [-0.1, -0.05) is 142 Å². The third-order valence-electron chi connectivity index (χ3n) is 12.2. The molecule has 7 aromatic carbocycles. The Kier molecular flexibility index (Phi) is 6.94. The first kappa shape index (κ1) is 31.9. The smallest absolute Gasteiger partial charge is 0.159 e. The predicted octanol–water partition coefficient (Wildman–Crippen LogP) is 13.8. The number of rotatable bonds is 5. The van der Waals surface area contributed by atoms with Crippen LogP contribution in [-0.4, -0.2) is 6.04 Å². The second-order valence-corrected chi connectivity index (χ2v) is 15.8. The molecular weight excluding hydrogens is 669 g/mol. The molecule has 0 amide bonds. The second kappa shape index (κ2) is 12.0. The molecule has 3 heteroatoms. The van der Waals surface area contributed by atoms with Crippen LogP contribution in [0.5, 0.6) is 0 Å². The highest BCUT2D eigenvalue weighted by Crippen LogP contribution is 2.54. The largest absolute Gasteiger partial charge is 0.454 e. The Bertz CT molecular complexity index is 2880. The van der Waals surface area contributed by atoms with E-state index in [0.29, 0.717) is 0 Å². The Balaban J connectivity index is 1.10. The molecule has 2 heterocycles. The van der Waals surface area contributed by atoms with E-state index in [0.717, 1.165) is 39.0 Å². The van der Waals surface area contributed by atoms with Crippen molar-refractivity contribution in [1.29, 1.82) is 0 Å². The van der Waals surface area contributed by atoms with Gasteiger partial charge < -0.3 is 14.2 Å². The minimum Gasteiger partial charge on any atom is -0.454 e. The molecule has 3 nitrogen and oxygen atoms in total. The first-order valence-electron chi connectivity index (χ1n) is 19.4. The molecule has 0 bridgehead atoms. The number of nitrogens with zero attached hydrogens (tertiary/aromatic N) is 2. The van der Waals surface area contributed by atoms with Crippen LogP contribution in [0.4, 0.5) is 22.7 Å².